The molecule has 1 aliphatic heterocycles. The molecule has 2 aromatic rings. The number of nitrogens with zero attached hydrogens (tertiary/aromatic N) is 2. The van der Waals surface area contributed by atoms with Crippen LogP contribution in [0.3, 0.4) is 0 Å². The molecular weight excluding hydrogens is 404 g/mol. The number of aliphatic hydroxyl groups is 1. The molecule has 0 bridgehead atoms. The summed E-state index contributed by atoms with van der Waals surface area (Å²) in [5.74, 6) is 1.87. The van der Waals surface area contributed by atoms with Crippen LogP contribution in [-0.2, 0) is 22.6 Å². The summed E-state index contributed by atoms with van der Waals surface area (Å²) in [6.07, 6.45) is 1.89. The highest BCUT2D eigenvalue weighted by Gasteiger charge is 2.21. The second-order valence-corrected chi connectivity index (χ2v) is 8.47. The van der Waals surface area contributed by atoms with Crippen molar-refractivity contribution in [1.82, 2.24) is 9.55 Å². The standard InChI is InChI=1S/C22H32N2O5S/c1-15-16(2)24(11-19-6-5-9-29-19)22(23-15)30-14-18(25)13-28-12-17-7-8-20(26-3)21(10-17)27-4/h7-8,10,18-19,25H,5-6,9,11-14H2,1-4H3. The summed E-state index contributed by atoms with van der Waals surface area (Å²) < 4.78 is 24.3. The van der Waals surface area contributed by atoms with Crippen molar-refractivity contribution in [2.75, 3.05) is 33.2 Å². The number of methoxy groups -OCH3 is 2. The Hall–Kier alpha value is -1.74. The van der Waals surface area contributed by atoms with E-state index in [9.17, 15) is 5.11 Å². The maximum Gasteiger partial charge on any atom is 0.168 e. The van der Waals surface area contributed by atoms with E-state index in [1.165, 1.54) is 0 Å². The molecule has 0 radical (unpaired) electrons. The van der Waals surface area contributed by atoms with Gasteiger partial charge in [-0.05, 0) is 44.4 Å². The Bertz CT molecular complexity index is 820. The molecule has 0 aliphatic carbocycles. The molecule has 0 amide bonds. The third-order valence-electron chi connectivity index (χ3n) is 5.26. The number of hydrogen-bond acceptors (Lipinski definition) is 7. The molecule has 1 aromatic carbocycles. The number of ether oxygens (including phenoxy) is 4. The fourth-order valence-electron chi connectivity index (χ4n) is 3.44. The molecule has 2 heterocycles. The van der Waals surface area contributed by atoms with E-state index in [0.29, 0.717) is 23.9 Å². The minimum Gasteiger partial charge on any atom is -0.493 e. The minimum absolute atomic E-state index is 0.256. The maximum absolute atomic E-state index is 10.4. The van der Waals surface area contributed by atoms with Crippen LogP contribution >= 0.6 is 11.8 Å². The van der Waals surface area contributed by atoms with Crippen LogP contribution in [0.25, 0.3) is 0 Å². The van der Waals surface area contributed by atoms with Crippen LogP contribution in [0, 0.1) is 13.8 Å². The number of hydrogen-bond donors (Lipinski definition) is 1. The molecule has 1 fully saturated rings. The van der Waals surface area contributed by atoms with E-state index >= 15 is 0 Å². The number of rotatable bonds is 11. The molecule has 2 atom stereocenters. The van der Waals surface area contributed by atoms with E-state index in [0.717, 1.165) is 48.1 Å². The summed E-state index contributed by atoms with van der Waals surface area (Å²) in [7, 11) is 3.22. The topological polar surface area (TPSA) is 75.0 Å². The molecular formula is C22H32N2O5S. The van der Waals surface area contributed by atoms with Crippen molar-refractivity contribution in [1.29, 1.82) is 0 Å². The first-order chi connectivity index (χ1) is 14.5. The van der Waals surface area contributed by atoms with Gasteiger partial charge in [0.2, 0.25) is 0 Å². The summed E-state index contributed by atoms with van der Waals surface area (Å²) in [5.41, 5.74) is 3.15. The third kappa shape index (κ3) is 5.91. The lowest BCUT2D eigenvalue weighted by Crippen LogP contribution is -2.20. The van der Waals surface area contributed by atoms with Gasteiger partial charge in [-0.1, -0.05) is 17.8 Å². The van der Waals surface area contributed by atoms with Crippen LogP contribution in [0.15, 0.2) is 23.4 Å². The van der Waals surface area contributed by atoms with E-state index in [1.807, 2.05) is 25.1 Å². The normalized spacial score (nSPS) is 17.3. The molecule has 0 saturated carbocycles. The first-order valence-corrected chi connectivity index (χ1v) is 11.2. The quantitative estimate of drug-likeness (QED) is 0.541. The third-order valence-corrected chi connectivity index (χ3v) is 6.39. The molecule has 1 aromatic heterocycles. The highest BCUT2D eigenvalue weighted by atomic mass is 32.2. The van der Waals surface area contributed by atoms with Gasteiger partial charge >= 0.3 is 0 Å². The van der Waals surface area contributed by atoms with Crippen molar-refractivity contribution >= 4 is 11.8 Å². The molecule has 8 heteroatoms. The highest BCUT2D eigenvalue weighted by molar-refractivity contribution is 7.99. The molecule has 2 unspecified atom stereocenters. The van der Waals surface area contributed by atoms with Crippen molar-refractivity contribution in [2.45, 2.75) is 57.2 Å². The fraction of sp³-hybridized carbons (Fsp3) is 0.591. The van der Waals surface area contributed by atoms with Crippen molar-refractivity contribution in [3.63, 3.8) is 0 Å². The molecule has 30 heavy (non-hydrogen) atoms. The highest BCUT2D eigenvalue weighted by Crippen LogP contribution is 2.28. The summed E-state index contributed by atoms with van der Waals surface area (Å²) >= 11 is 1.56. The Morgan fingerprint density at radius 2 is 2.07 bits per heavy atom. The Balaban J connectivity index is 1.48. The van der Waals surface area contributed by atoms with Crippen molar-refractivity contribution in [2.24, 2.45) is 0 Å². The lowest BCUT2D eigenvalue weighted by molar-refractivity contribution is 0.0397. The van der Waals surface area contributed by atoms with Crippen LogP contribution in [-0.4, -0.2) is 60.1 Å². The molecule has 7 nitrogen and oxygen atoms in total. The Labute approximate surface area is 182 Å². The predicted molar refractivity (Wildman–Crippen MR) is 117 cm³/mol. The molecule has 1 saturated heterocycles. The number of aromatic nitrogens is 2. The van der Waals surface area contributed by atoms with E-state index in [-0.39, 0.29) is 12.7 Å². The van der Waals surface area contributed by atoms with Crippen LogP contribution in [0.5, 0.6) is 11.5 Å². The van der Waals surface area contributed by atoms with Gasteiger partial charge in [-0.3, -0.25) is 0 Å². The zero-order chi connectivity index (χ0) is 21.5. The lowest BCUT2D eigenvalue weighted by atomic mass is 10.2. The van der Waals surface area contributed by atoms with Gasteiger partial charge in [0.25, 0.3) is 0 Å². The van der Waals surface area contributed by atoms with Crippen molar-refractivity contribution in [3.05, 3.63) is 35.2 Å². The second kappa shape index (κ2) is 11.0. The summed E-state index contributed by atoms with van der Waals surface area (Å²) in [6, 6.07) is 5.66. The molecule has 3 rings (SSSR count). The lowest BCUT2D eigenvalue weighted by Gasteiger charge is -2.16. The Kier molecular flexibility index (Phi) is 8.44. The predicted octanol–water partition coefficient (Wildman–Crippen LogP) is 3.37. The maximum atomic E-state index is 10.4. The van der Waals surface area contributed by atoms with Gasteiger partial charge in [-0.25, -0.2) is 4.98 Å². The fourth-order valence-corrected chi connectivity index (χ4v) is 4.45. The molecule has 166 valence electrons. The first kappa shape index (κ1) is 22.9. The summed E-state index contributed by atoms with van der Waals surface area (Å²) in [6.45, 7) is 6.43. The number of aliphatic hydroxyl groups excluding tert-OH is 1. The average Bonchev–Trinajstić information content (AvgIpc) is 3.36. The van der Waals surface area contributed by atoms with E-state index in [1.54, 1.807) is 26.0 Å². The van der Waals surface area contributed by atoms with Gasteiger partial charge < -0.3 is 28.6 Å². The monoisotopic (exact) mass is 436 g/mol. The van der Waals surface area contributed by atoms with Gasteiger partial charge in [-0.2, -0.15) is 0 Å². The zero-order valence-corrected chi connectivity index (χ0v) is 19.0. The average molecular weight is 437 g/mol. The van der Waals surface area contributed by atoms with Gasteiger partial charge in [0.1, 0.15) is 0 Å². The Morgan fingerprint density at radius 3 is 2.77 bits per heavy atom. The van der Waals surface area contributed by atoms with Crippen LogP contribution in [0.1, 0.15) is 29.8 Å². The van der Waals surface area contributed by atoms with E-state index in [4.69, 9.17) is 18.9 Å². The summed E-state index contributed by atoms with van der Waals surface area (Å²) in [4.78, 5) is 4.68. The van der Waals surface area contributed by atoms with Crippen LogP contribution in [0.2, 0.25) is 0 Å². The number of thioether (sulfide) groups is 1. The van der Waals surface area contributed by atoms with Crippen molar-refractivity contribution < 1.29 is 24.1 Å². The number of aryl methyl sites for hydroxylation is 1. The second-order valence-electron chi connectivity index (χ2n) is 7.48. The smallest absolute Gasteiger partial charge is 0.168 e. The molecule has 1 aliphatic rings. The minimum atomic E-state index is -0.580. The van der Waals surface area contributed by atoms with Gasteiger partial charge in [0, 0.05) is 18.1 Å². The summed E-state index contributed by atoms with van der Waals surface area (Å²) in [5, 5.41) is 11.3. The van der Waals surface area contributed by atoms with Gasteiger partial charge in [0.15, 0.2) is 16.7 Å². The Morgan fingerprint density at radius 1 is 1.27 bits per heavy atom. The SMILES string of the molecule is COc1ccc(COCC(O)CSc2nc(C)c(C)n2CC2CCCO2)cc1OC. The van der Waals surface area contributed by atoms with Crippen LogP contribution in [0.4, 0.5) is 0 Å². The molecule has 0 spiro atoms. The van der Waals surface area contributed by atoms with Gasteiger partial charge in [-0.15, -0.1) is 0 Å². The van der Waals surface area contributed by atoms with Crippen LogP contribution < -0.4 is 9.47 Å². The van der Waals surface area contributed by atoms with E-state index in [2.05, 4.69) is 16.5 Å². The largest absolute Gasteiger partial charge is 0.493 e. The van der Waals surface area contributed by atoms with E-state index < -0.39 is 6.10 Å². The first-order valence-electron chi connectivity index (χ1n) is 10.3. The number of imidazole rings is 1. The molecule has 1 N–H and O–H groups in total. The van der Waals surface area contributed by atoms with Gasteiger partial charge in [0.05, 0.1) is 51.9 Å². The van der Waals surface area contributed by atoms with Crippen molar-refractivity contribution in [3.8, 4) is 11.5 Å². The zero-order valence-electron chi connectivity index (χ0n) is 18.2. The number of benzene rings is 1.